The molecule has 1 aliphatic heterocycles. The van der Waals surface area contributed by atoms with Crippen LogP contribution in [0.25, 0.3) is 16.3 Å². The molecule has 0 amide bonds. The van der Waals surface area contributed by atoms with E-state index in [0.29, 0.717) is 12.0 Å². The van der Waals surface area contributed by atoms with Crippen molar-refractivity contribution in [1.29, 1.82) is 0 Å². The van der Waals surface area contributed by atoms with E-state index in [1.807, 2.05) is 11.3 Å². The third kappa shape index (κ3) is 3.83. The lowest BCUT2D eigenvalue weighted by Crippen LogP contribution is -2.52. The summed E-state index contributed by atoms with van der Waals surface area (Å²) in [6.07, 6.45) is 18.3. The number of hydrogen-bond acceptors (Lipinski definition) is 2. The fourth-order valence-corrected chi connectivity index (χ4v) is 5.23. The molecule has 1 aliphatic carbocycles. The van der Waals surface area contributed by atoms with Crippen molar-refractivity contribution in [1.82, 2.24) is 4.90 Å². The average molecular weight is 396 g/mol. The Hall–Kier alpha value is -2.21. The number of rotatable bonds is 7. The van der Waals surface area contributed by atoms with Crippen molar-refractivity contribution >= 4 is 27.6 Å². The summed E-state index contributed by atoms with van der Waals surface area (Å²) >= 11 is 1.89. The first kappa shape index (κ1) is 19.1. The van der Waals surface area contributed by atoms with Gasteiger partial charge in [0.25, 0.3) is 5.01 Å². The summed E-state index contributed by atoms with van der Waals surface area (Å²) in [4.78, 5) is 2.47. The fraction of sp³-hybridized carbons (Fsp3) is 0.348. The predicted octanol–water partition coefficient (Wildman–Crippen LogP) is 1.78. The quantitative estimate of drug-likeness (QED) is 0.690. The molecule has 0 fully saturated rings. The van der Waals surface area contributed by atoms with Gasteiger partial charge in [0.1, 0.15) is 4.70 Å². The van der Waals surface area contributed by atoms with Gasteiger partial charge in [-0.1, -0.05) is 47.8 Å². The van der Waals surface area contributed by atoms with Crippen molar-refractivity contribution in [2.75, 3.05) is 19.6 Å². The van der Waals surface area contributed by atoms with Crippen LogP contribution in [-0.2, 0) is 6.54 Å². The molecule has 1 aromatic heterocycles. The van der Waals surface area contributed by atoms with Crippen LogP contribution >= 0.6 is 11.3 Å². The number of fused-ring (bicyclic) bond motifs is 2. The minimum atomic E-state index is 0.409. The number of aromatic nitrogens is 1. The molecule has 28 heavy (non-hydrogen) atoms. The Morgan fingerprint density at radius 3 is 2.75 bits per heavy atom. The first-order valence-electron chi connectivity index (χ1n) is 10.3. The minimum Gasteiger partial charge on any atom is -0.370 e. The third-order valence-corrected chi connectivity index (χ3v) is 6.67. The van der Waals surface area contributed by atoms with Gasteiger partial charge in [-0.3, -0.25) is 0 Å². The summed E-state index contributed by atoms with van der Waals surface area (Å²) in [6.45, 7) is 4.04. The summed E-state index contributed by atoms with van der Waals surface area (Å²) in [5.41, 5.74) is 10.8. The Balaban J connectivity index is 1.72. The molecule has 0 saturated heterocycles. The van der Waals surface area contributed by atoms with Gasteiger partial charge in [0, 0.05) is 31.0 Å². The molecular formula is C23H31N4S+3. The van der Waals surface area contributed by atoms with E-state index < -0.39 is 0 Å². The highest BCUT2D eigenvalue weighted by molar-refractivity contribution is 7.18. The first-order valence-corrected chi connectivity index (χ1v) is 11.1. The Bertz CT molecular complexity index is 937. The maximum absolute atomic E-state index is 4.03. The Morgan fingerprint density at radius 1 is 1.07 bits per heavy atom. The van der Waals surface area contributed by atoms with Crippen LogP contribution in [0.4, 0.5) is 0 Å². The van der Waals surface area contributed by atoms with Gasteiger partial charge in [-0.15, -0.1) is 0 Å². The number of para-hydroxylation sites is 1. The molecule has 0 radical (unpaired) electrons. The first-order chi connectivity index (χ1) is 13.8. The number of allylic oxidation sites excluding steroid dienone is 3. The monoisotopic (exact) mass is 395 g/mol. The molecule has 2 unspecified atom stereocenters. The van der Waals surface area contributed by atoms with Crippen molar-refractivity contribution in [2.45, 2.75) is 25.4 Å². The third-order valence-electron chi connectivity index (χ3n) is 5.56. The summed E-state index contributed by atoms with van der Waals surface area (Å²) in [7, 11) is 0. The minimum absolute atomic E-state index is 0.409. The van der Waals surface area contributed by atoms with Crippen LogP contribution in [0.5, 0.6) is 0 Å². The lowest BCUT2D eigenvalue weighted by molar-refractivity contribution is -0.671. The molecule has 2 aromatic rings. The van der Waals surface area contributed by atoms with Gasteiger partial charge in [-0.05, 0) is 23.9 Å². The highest BCUT2D eigenvalue weighted by atomic mass is 32.1. The van der Waals surface area contributed by atoms with Crippen molar-refractivity contribution < 1.29 is 16.0 Å². The normalized spacial score (nSPS) is 22.4. The molecule has 4 rings (SSSR count). The van der Waals surface area contributed by atoms with Crippen LogP contribution in [0.1, 0.15) is 17.8 Å². The molecule has 4 nitrogen and oxygen atoms in total. The van der Waals surface area contributed by atoms with Gasteiger partial charge in [-0.25, -0.2) is 0 Å². The zero-order valence-electron chi connectivity index (χ0n) is 16.5. The number of quaternary nitrogens is 2. The fourth-order valence-electron chi connectivity index (χ4n) is 4.08. The van der Waals surface area contributed by atoms with E-state index in [-0.39, 0.29) is 0 Å². The van der Waals surface area contributed by atoms with E-state index in [0.717, 1.165) is 39.0 Å². The highest BCUT2D eigenvalue weighted by Gasteiger charge is 2.30. The maximum atomic E-state index is 4.03. The maximum Gasteiger partial charge on any atom is 0.263 e. The zero-order chi connectivity index (χ0) is 19.3. The van der Waals surface area contributed by atoms with Gasteiger partial charge in [0.2, 0.25) is 5.52 Å². The molecule has 5 heteroatoms. The second kappa shape index (κ2) is 8.86. The van der Waals surface area contributed by atoms with Crippen molar-refractivity contribution in [3.8, 4) is 0 Å². The molecule has 2 aliphatic rings. The summed E-state index contributed by atoms with van der Waals surface area (Å²) < 4.78 is 3.82. The van der Waals surface area contributed by atoms with Crippen LogP contribution in [0.2, 0.25) is 0 Å². The SMILES string of the molecule is [NH3+]CCCN1C=CC(=Cc2sc3ccccc3[n+]2CCC[NH3+])C2C=CC=CC21. The number of nitrogens with zero attached hydrogens (tertiary/aromatic N) is 2. The van der Waals surface area contributed by atoms with Crippen LogP contribution in [0, 0.1) is 5.92 Å². The molecular weight excluding hydrogens is 364 g/mol. The largest absolute Gasteiger partial charge is 0.370 e. The van der Waals surface area contributed by atoms with Crippen LogP contribution in [-0.4, -0.2) is 30.6 Å². The van der Waals surface area contributed by atoms with Crippen LogP contribution < -0.4 is 16.0 Å². The molecule has 2 heterocycles. The van der Waals surface area contributed by atoms with E-state index >= 15 is 0 Å². The highest BCUT2D eigenvalue weighted by Crippen LogP contribution is 2.33. The van der Waals surface area contributed by atoms with E-state index in [2.05, 4.69) is 87.9 Å². The molecule has 6 N–H and O–H groups in total. The number of aryl methyl sites for hydroxylation is 1. The van der Waals surface area contributed by atoms with Gasteiger partial charge in [0.15, 0.2) is 6.54 Å². The van der Waals surface area contributed by atoms with Crippen LogP contribution in [0.15, 0.2) is 66.4 Å². The molecule has 0 spiro atoms. The second-order valence-electron chi connectivity index (χ2n) is 7.46. The molecule has 146 valence electrons. The average Bonchev–Trinajstić information content (AvgIpc) is 3.08. The van der Waals surface area contributed by atoms with Gasteiger partial charge in [0.05, 0.1) is 25.6 Å². The number of hydrogen-bond donors (Lipinski definition) is 2. The zero-order valence-corrected chi connectivity index (χ0v) is 17.3. The van der Waals surface area contributed by atoms with E-state index in [4.69, 9.17) is 0 Å². The van der Waals surface area contributed by atoms with Crippen molar-refractivity contribution in [3.05, 3.63) is 71.4 Å². The van der Waals surface area contributed by atoms with Crippen molar-refractivity contribution in [3.63, 3.8) is 0 Å². The van der Waals surface area contributed by atoms with Gasteiger partial charge < -0.3 is 16.4 Å². The summed E-state index contributed by atoms with van der Waals surface area (Å²) in [6, 6.07) is 9.15. The summed E-state index contributed by atoms with van der Waals surface area (Å²) in [5.74, 6) is 0.409. The molecule has 1 aromatic carbocycles. The Morgan fingerprint density at radius 2 is 1.89 bits per heavy atom. The standard InChI is InChI=1S/C23H29N4S/c24-12-5-14-26-16-11-18(19-7-1-2-8-20(19)26)17-23-27(15-6-13-25)21-9-3-4-10-22(21)28-23/h1-4,7-11,16-17,19-20H,5-6,12-15,24-25H2/q+1/p+2. The van der Waals surface area contributed by atoms with Crippen LogP contribution in [0.3, 0.4) is 0 Å². The van der Waals surface area contributed by atoms with Gasteiger partial charge in [-0.2, -0.15) is 4.57 Å². The van der Waals surface area contributed by atoms with Crippen molar-refractivity contribution in [2.24, 2.45) is 5.92 Å². The topological polar surface area (TPSA) is 62.4 Å². The predicted molar refractivity (Wildman–Crippen MR) is 116 cm³/mol. The molecule has 0 bridgehead atoms. The lowest BCUT2D eigenvalue weighted by atomic mass is 9.84. The number of benzene rings is 1. The number of thiazole rings is 1. The molecule has 0 saturated carbocycles. The smallest absolute Gasteiger partial charge is 0.263 e. The Labute approximate surface area is 171 Å². The van der Waals surface area contributed by atoms with E-state index in [9.17, 15) is 0 Å². The van der Waals surface area contributed by atoms with E-state index in [1.54, 1.807) is 0 Å². The summed E-state index contributed by atoms with van der Waals surface area (Å²) in [5, 5.41) is 1.34. The second-order valence-corrected chi connectivity index (χ2v) is 8.52. The van der Waals surface area contributed by atoms with E-state index in [1.165, 1.54) is 20.8 Å². The Kier molecular flexibility index (Phi) is 6.05. The lowest BCUT2D eigenvalue weighted by Gasteiger charge is -2.38. The molecule has 2 atom stereocenters. The van der Waals surface area contributed by atoms with Gasteiger partial charge >= 0.3 is 0 Å².